The van der Waals surface area contributed by atoms with Crippen molar-refractivity contribution >= 4 is 5.82 Å². The number of pyridine rings is 1. The van der Waals surface area contributed by atoms with Crippen LogP contribution in [0.2, 0.25) is 0 Å². The maximum absolute atomic E-state index is 8.80. The van der Waals surface area contributed by atoms with Crippen LogP contribution in [0, 0.1) is 0 Å². The molecule has 88 valence electrons. The molecule has 1 heterocycles. The molecule has 2 aromatic rings. The Morgan fingerprint density at radius 2 is 1.88 bits per heavy atom. The van der Waals surface area contributed by atoms with Crippen molar-refractivity contribution in [1.82, 2.24) is 4.98 Å². The van der Waals surface area contributed by atoms with Gasteiger partial charge in [-0.05, 0) is 30.2 Å². The molecule has 0 aliphatic carbocycles. The van der Waals surface area contributed by atoms with Gasteiger partial charge in [-0.25, -0.2) is 0 Å². The average Bonchev–Trinajstić information content (AvgIpc) is 2.32. The summed E-state index contributed by atoms with van der Waals surface area (Å²) in [6.45, 7) is 0.150. The van der Waals surface area contributed by atoms with E-state index in [1.807, 2.05) is 24.3 Å². The number of benzene rings is 1. The molecule has 17 heavy (non-hydrogen) atoms. The van der Waals surface area contributed by atoms with Gasteiger partial charge in [0.1, 0.15) is 11.6 Å². The summed E-state index contributed by atoms with van der Waals surface area (Å²) in [6, 6.07) is 12.8. The second-order valence-corrected chi connectivity index (χ2v) is 3.62. The number of hydrogen-bond donors (Lipinski definition) is 2. The van der Waals surface area contributed by atoms with E-state index < -0.39 is 0 Å². The number of anilines is 1. The molecule has 1 aromatic carbocycles. The van der Waals surface area contributed by atoms with Gasteiger partial charge in [0.25, 0.3) is 0 Å². The normalized spacial score (nSPS) is 10.2. The van der Waals surface area contributed by atoms with Crippen LogP contribution in [0.15, 0.2) is 42.5 Å². The fourth-order valence-corrected chi connectivity index (χ4v) is 1.46. The summed E-state index contributed by atoms with van der Waals surface area (Å²) in [5, 5.41) is 8.80. The fraction of sp³-hybridized carbons (Fsp3) is 0.154. The number of nitrogen functional groups attached to an aromatic ring is 1. The van der Waals surface area contributed by atoms with Crippen molar-refractivity contribution in [1.29, 1.82) is 0 Å². The van der Waals surface area contributed by atoms with Gasteiger partial charge in [0.05, 0.1) is 0 Å². The molecule has 0 saturated heterocycles. The van der Waals surface area contributed by atoms with Gasteiger partial charge in [-0.15, -0.1) is 0 Å². The second kappa shape index (κ2) is 5.32. The number of nitrogens with two attached hydrogens (primary N) is 1. The van der Waals surface area contributed by atoms with E-state index in [-0.39, 0.29) is 6.61 Å². The molecule has 0 spiro atoms. The molecule has 4 heteroatoms. The third-order valence-corrected chi connectivity index (χ3v) is 2.29. The molecule has 0 bridgehead atoms. The van der Waals surface area contributed by atoms with Gasteiger partial charge in [-0.2, -0.15) is 4.98 Å². The summed E-state index contributed by atoms with van der Waals surface area (Å²) >= 11 is 0. The zero-order valence-corrected chi connectivity index (χ0v) is 9.34. The first-order valence-electron chi connectivity index (χ1n) is 5.38. The van der Waals surface area contributed by atoms with Gasteiger partial charge < -0.3 is 15.6 Å². The van der Waals surface area contributed by atoms with E-state index in [4.69, 9.17) is 15.6 Å². The van der Waals surface area contributed by atoms with E-state index in [1.165, 1.54) is 0 Å². The molecule has 0 fully saturated rings. The van der Waals surface area contributed by atoms with Gasteiger partial charge in [0.2, 0.25) is 5.88 Å². The minimum absolute atomic E-state index is 0.150. The molecule has 0 saturated carbocycles. The van der Waals surface area contributed by atoms with Crippen LogP contribution in [0.5, 0.6) is 11.6 Å². The minimum Gasteiger partial charge on any atom is -0.439 e. The lowest BCUT2D eigenvalue weighted by Gasteiger charge is -2.05. The van der Waals surface area contributed by atoms with E-state index in [0.29, 0.717) is 23.9 Å². The van der Waals surface area contributed by atoms with Crippen LogP contribution in [0.25, 0.3) is 0 Å². The summed E-state index contributed by atoms with van der Waals surface area (Å²) < 4.78 is 5.54. The molecule has 4 nitrogen and oxygen atoms in total. The third kappa shape index (κ3) is 3.19. The van der Waals surface area contributed by atoms with Crippen LogP contribution in [0.3, 0.4) is 0 Å². The van der Waals surface area contributed by atoms with Gasteiger partial charge >= 0.3 is 0 Å². The van der Waals surface area contributed by atoms with Gasteiger partial charge in [0.15, 0.2) is 0 Å². The highest BCUT2D eigenvalue weighted by atomic mass is 16.5. The molecular weight excluding hydrogens is 216 g/mol. The fourth-order valence-electron chi connectivity index (χ4n) is 1.46. The summed E-state index contributed by atoms with van der Waals surface area (Å²) in [5.74, 6) is 1.60. The Morgan fingerprint density at radius 3 is 2.53 bits per heavy atom. The molecule has 2 rings (SSSR count). The number of aliphatic hydroxyl groups is 1. The zero-order valence-electron chi connectivity index (χ0n) is 9.34. The molecule has 0 aliphatic rings. The molecule has 0 amide bonds. The Hall–Kier alpha value is -2.07. The van der Waals surface area contributed by atoms with Crippen molar-refractivity contribution < 1.29 is 9.84 Å². The molecule has 3 N–H and O–H groups in total. The highest BCUT2D eigenvalue weighted by Crippen LogP contribution is 2.20. The smallest absolute Gasteiger partial charge is 0.221 e. The first-order chi connectivity index (χ1) is 8.28. The topological polar surface area (TPSA) is 68.4 Å². The van der Waals surface area contributed by atoms with Crippen molar-refractivity contribution in [3.05, 3.63) is 48.0 Å². The largest absolute Gasteiger partial charge is 0.439 e. The quantitative estimate of drug-likeness (QED) is 0.842. The monoisotopic (exact) mass is 230 g/mol. The molecule has 0 atom stereocenters. The maximum atomic E-state index is 8.80. The summed E-state index contributed by atoms with van der Waals surface area (Å²) in [7, 11) is 0. The van der Waals surface area contributed by atoms with Crippen molar-refractivity contribution in [2.75, 3.05) is 12.3 Å². The Kier molecular flexibility index (Phi) is 3.57. The predicted octanol–water partition coefficient (Wildman–Crippen LogP) is 1.99. The maximum Gasteiger partial charge on any atom is 0.221 e. The number of nitrogens with zero attached hydrogens (tertiary/aromatic N) is 1. The Balaban J connectivity index is 2.08. The van der Waals surface area contributed by atoms with Crippen molar-refractivity contribution in [3.8, 4) is 11.6 Å². The van der Waals surface area contributed by atoms with Gasteiger partial charge in [0, 0.05) is 12.7 Å². The highest BCUT2D eigenvalue weighted by Gasteiger charge is 1.99. The second-order valence-electron chi connectivity index (χ2n) is 3.62. The Morgan fingerprint density at radius 1 is 1.12 bits per heavy atom. The summed E-state index contributed by atoms with van der Waals surface area (Å²) in [4.78, 5) is 4.04. The predicted molar refractivity (Wildman–Crippen MR) is 66.0 cm³/mol. The number of aliphatic hydroxyl groups excluding tert-OH is 1. The van der Waals surface area contributed by atoms with E-state index >= 15 is 0 Å². The van der Waals surface area contributed by atoms with Crippen LogP contribution < -0.4 is 10.5 Å². The number of rotatable bonds is 4. The summed E-state index contributed by atoms with van der Waals surface area (Å²) in [5.41, 5.74) is 6.63. The van der Waals surface area contributed by atoms with Crippen LogP contribution >= 0.6 is 0 Å². The molecule has 0 aliphatic heterocycles. The lowest BCUT2D eigenvalue weighted by Crippen LogP contribution is -1.93. The molecular formula is C13H14N2O2. The van der Waals surface area contributed by atoms with Crippen molar-refractivity contribution in [3.63, 3.8) is 0 Å². The van der Waals surface area contributed by atoms with E-state index in [1.54, 1.807) is 18.2 Å². The number of hydrogen-bond acceptors (Lipinski definition) is 4. The highest BCUT2D eigenvalue weighted by molar-refractivity contribution is 5.35. The van der Waals surface area contributed by atoms with Crippen LogP contribution in [-0.2, 0) is 6.42 Å². The average molecular weight is 230 g/mol. The zero-order chi connectivity index (χ0) is 12.1. The van der Waals surface area contributed by atoms with Crippen LogP contribution in [0.1, 0.15) is 5.56 Å². The SMILES string of the molecule is Nc1cccc(Oc2ccc(CCO)cc2)n1. The van der Waals surface area contributed by atoms with Crippen molar-refractivity contribution in [2.24, 2.45) is 0 Å². The molecule has 1 aromatic heterocycles. The first kappa shape index (κ1) is 11.4. The number of aromatic nitrogens is 1. The standard InChI is InChI=1S/C13H14N2O2/c14-12-2-1-3-13(15-12)17-11-6-4-10(5-7-11)8-9-16/h1-7,16H,8-9H2,(H2,14,15). The van der Waals surface area contributed by atoms with Crippen LogP contribution in [0.4, 0.5) is 5.82 Å². The first-order valence-corrected chi connectivity index (χ1v) is 5.38. The Labute approximate surface area is 99.7 Å². The van der Waals surface area contributed by atoms with E-state index in [9.17, 15) is 0 Å². The summed E-state index contributed by atoms with van der Waals surface area (Å²) in [6.07, 6.45) is 0.650. The third-order valence-electron chi connectivity index (χ3n) is 2.29. The van der Waals surface area contributed by atoms with Gasteiger partial charge in [-0.1, -0.05) is 18.2 Å². The number of ether oxygens (including phenoxy) is 1. The van der Waals surface area contributed by atoms with Gasteiger partial charge in [-0.3, -0.25) is 0 Å². The van der Waals surface area contributed by atoms with Crippen molar-refractivity contribution in [2.45, 2.75) is 6.42 Å². The molecule has 0 radical (unpaired) electrons. The molecule has 0 unspecified atom stereocenters. The Bertz CT molecular complexity index is 483. The van der Waals surface area contributed by atoms with E-state index in [0.717, 1.165) is 5.56 Å². The lowest BCUT2D eigenvalue weighted by atomic mass is 10.1. The minimum atomic E-state index is 0.150. The van der Waals surface area contributed by atoms with E-state index in [2.05, 4.69) is 4.98 Å². The lowest BCUT2D eigenvalue weighted by molar-refractivity contribution is 0.299. The van der Waals surface area contributed by atoms with Crippen LogP contribution in [-0.4, -0.2) is 16.7 Å².